The summed E-state index contributed by atoms with van der Waals surface area (Å²) in [5, 5.41) is 7.32. The van der Waals surface area contributed by atoms with Crippen LogP contribution in [0.3, 0.4) is 0 Å². The molecule has 3 N–H and O–H groups in total. The topological polar surface area (TPSA) is 90.8 Å². The van der Waals surface area contributed by atoms with Crippen LogP contribution in [0.1, 0.15) is 31.5 Å². The molecule has 7 heteroatoms. The molecule has 2 aromatic heterocycles. The van der Waals surface area contributed by atoms with Crippen LogP contribution in [0.2, 0.25) is 0 Å². The highest BCUT2D eigenvalue weighted by Crippen LogP contribution is 2.28. The molecule has 1 amide bonds. The first-order valence-corrected chi connectivity index (χ1v) is 6.60. The molecule has 3 heterocycles. The second-order valence-electron chi connectivity index (χ2n) is 4.89. The van der Waals surface area contributed by atoms with Crippen molar-refractivity contribution < 1.29 is 4.79 Å². The molecular weight excluding hydrogens is 244 g/mol. The van der Waals surface area contributed by atoms with Gasteiger partial charge in [0.15, 0.2) is 5.65 Å². The van der Waals surface area contributed by atoms with Crippen molar-refractivity contribution in [1.82, 2.24) is 24.6 Å². The number of piperidine rings is 1. The molecule has 1 atom stereocenters. The largest absolute Gasteiger partial charge is 0.369 e. The lowest BCUT2D eigenvalue weighted by molar-refractivity contribution is -0.125. The van der Waals surface area contributed by atoms with Crippen LogP contribution in [0.5, 0.6) is 0 Å². The number of aromatic nitrogens is 4. The number of hydrogen-bond acceptors (Lipinski definition) is 4. The zero-order valence-electron chi connectivity index (χ0n) is 11.2. The van der Waals surface area contributed by atoms with Gasteiger partial charge in [-0.3, -0.25) is 14.0 Å². The molecule has 1 aliphatic rings. The summed E-state index contributed by atoms with van der Waals surface area (Å²) >= 11 is 0. The average molecular weight is 262 g/mol. The number of rotatable bonds is 2. The van der Waals surface area contributed by atoms with E-state index in [1.165, 1.54) is 0 Å². The van der Waals surface area contributed by atoms with Gasteiger partial charge < -0.3 is 11.1 Å². The highest BCUT2D eigenvalue weighted by molar-refractivity contribution is 5.85. The zero-order valence-corrected chi connectivity index (χ0v) is 11.2. The summed E-state index contributed by atoms with van der Waals surface area (Å²) in [4.78, 5) is 16.4. The number of nitrogens with one attached hydrogen (secondary N) is 1. The van der Waals surface area contributed by atoms with E-state index in [0.717, 1.165) is 42.7 Å². The van der Waals surface area contributed by atoms with Gasteiger partial charge in [0.2, 0.25) is 11.9 Å². The van der Waals surface area contributed by atoms with E-state index in [1.54, 1.807) is 4.68 Å². The number of carbonyl (C=O) groups is 1. The first kappa shape index (κ1) is 12.0. The standard InChI is InChI=1S/C12H18N6O/c1-3-7-9-11(17(2)16-7)18(12(13)15-9)8-5-4-6-14-10(8)19/h8H,3-6H2,1-2H3,(H2,13,15)(H,14,19). The lowest BCUT2D eigenvalue weighted by atomic mass is 10.1. The number of anilines is 1. The molecule has 0 saturated carbocycles. The fourth-order valence-electron chi connectivity index (χ4n) is 2.77. The van der Waals surface area contributed by atoms with Crippen LogP contribution in [0.25, 0.3) is 11.2 Å². The first-order valence-electron chi connectivity index (χ1n) is 6.60. The second kappa shape index (κ2) is 4.25. The van der Waals surface area contributed by atoms with Gasteiger partial charge in [-0.1, -0.05) is 6.92 Å². The van der Waals surface area contributed by atoms with Crippen molar-refractivity contribution in [3.63, 3.8) is 0 Å². The van der Waals surface area contributed by atoms with Crippen molar-refractivity contribution >= 4 is 23.0 Å². The molecular formula is C12H18N6O. The minimum absolute atomic E-state index is 0.0106. The van der Waals surface area contributed by atoms with Crippen LogP contribution in [-0.4, -0.2) is 31.8 Å². The van der Waals surface area contributed by atoms with Crippen molar-refractivity contribution in [2.75, 3.05) is 12.3 Å². The second-order valence-corrected chi connectivity index (χ2v) is 4.89. The number of nitrogen functional groups attached to an aromatic ring is 1. The van der Waals surface area contributed by atoms with Gasteiger partial charge in [-0.05, 0) is 19.3 Å². The molecule has 1 unspecified atom stereocenters. The predicted molar refractivity (Wildman–Crippen MR) is 71.6 cm³/mol. The van der Waals surface area contributed by atoms with Crippen molar-refractivity contribution in [3.8, 4) is 0 Å². The van der Waals surface area contributed by atoms with Gasteiger partial charge in [-0.15, -0.1) is 0 Å². The Balaban J connectivity index is 2.19. The molecule has 0 aliphatic carbocycles. The molecule has 2 aromatic rings. The van der Waals surface area contributed by atoms with Gasteiger partial charge in [-0.2, -0.15) is 5.10 Å². The minimum Gasteiger partial charge on any atom is -0.369 e. The third-order valence-electron chi connectivity index (χ3n) is 3.67. The van der Waals surface area contributed by atoms with E-state index in [4.69, 9.17) is 5.73 Å². The van der Waals surface area contributed by atoms with E-state index in [1.807, 2.05) is 18.5 Å². The highest BCUT2D eigenvalue weighted by Gasteiger charge is 2.29. The van der Waals surface area contributed by atoms with Crippen molar-refractivity contribution in [1.29, 1.82) is 0 Å². The third-order valence-corrected chi connectivity index (χ3v) is 3.67. The molecule has 1 fully saturated rings. The maximum Gasteiger partial charge on any atom is 0.243 e. The number of fused-ring (bicyclic) bond motifs is 1. The van der Waals surface area contributed by atoms with Crippen LogP contribution >= 0.6 is 0 Å². The number of imidazole rings is 1. The van der Waals surface area contributed by atoms with Gasteiger partial charge in [0.05, 0.1) is 5.69 Å². The summed E-state index contributed by atoms with van der Waals surface area (Å²) in [5.41, 5.74) is 8.57. The van der Waals surface area contributed by atoms with Crippen molar-refractivity contribution in [2.45, 2.75) is 32.2 Å². The third kappa shape index (κ3) is 1.68. The van der Waals surface area contributed by atoms with Crippen LogP contribution in [0, 0.1) is 0 Å². The van der Waals surface area contributed by atoms with E-state index in [9.17, 15) is 4.79 Å². The molecule has 19 heavy (non-hydrogen) atoms. The molecule has 0 bridgehead atoms. The van der Waals surface area contributed by atoms with Crippen molar-refractivity contribution in [3.05, 3.63) is 5.69 Å². The lowest BCUT2D eigenvalue weighted by Crippen LogP contribution is -2.38. The van der Waals surface area contributed by atoms with Gasteiger partial charge in [0.1, 0.15) is 11.6 Å². The lowest BCUT2D eigenvalue weighted by Gasteiger charge is -2.24. The Morgan fingerprint density at radius 3 is 3.00 bits per heavy atom. The normalized spacial score (nSPS) is 19.9. The van der Waals surface area contributed by atoms with Crippen molar-refractivity contribution in [2.24, 2.45) is 7.05 Å². The van der Waals surface area contributed by atoms with Crippen LogP contribution in [0.15, 0.2) is 0 Å². The molecule has 1 aliphatic heterocycles. The fourth-order valence-corrected chi connectivity index (χ4v) is 2.77. The number of carbonyl (C=O) groups excluding carboxylic acids is 1. The Kier molecular flexibility index (Phi) is 2.69. The van der Waals surface area contributed by atoms with Crippen LogP contribution in [0.4, 0.5) is 5.95 Å². The summed E-state index contributed by atoms with van der Waals surface area (Å²) in [7, 11) is 1.86. The number of nitrogens with zero attached hydrogens (tertiary/aromatic N) is 4. The van der Waals surface area contributed by atoms with Gasteiger partial charge in [0, 0.05) is 13.6 Å². The Labute approximate surface area is 110 Å². The smallest absolute Gasteiger partial charge is 0.243 e. The summed E-state index contributed by atoms with van der Waals surface area (Å²) in [5.74, 6) is 0.399. The Hall–Kier alpha value is -2.05. The van der Waals surface area contributed by atoms with E-state index in [-0.39, 0.29) is 11.9 Å². The van der Waals surface area contributed by atoms with E-state index >= 15 is 0 Å². The number of amides is 1. The highest BCUT2D eigenvalue weighted by atomic mass is 16.2. The molecule has 0 spiro atoms. The minimum atomic E-state index is -0.279. The number of hydrogen-bond donors (Lipinski definition) is 2. The first-order chi connectivity index (χ1) is 9.13. The van der Waals surface area contributed by atoms with Crippen LogP contribution < -0.4 is 11.1 Å². The summed E-state index contributed by atoms with van der Waals surface area (Å²) < 4.78 is 3.58. The quantitative estimate of drug-likeness (QED) is 0.818. The monoisotopic (exact) mass is 262 g/mol. The zero-order chi connectivity index (χ0) is 13.6. The Morgan fingerprint density at radius 1 is 1.53 bits per heavy atom. The Bertz CT molecular complexity index is 640. The molecule has 1 saturated heterocycles. The van der Waals surface area contributed by atoms with E-state index in [0.29, 0.717) is 5.95 Å². The number of nitrogens with two attached hydrogens (primary N) is 1. The maximum absolute atomic E-state index is 12.0. The van der Waals surface area contributed by atoms with E-state index < -0.39 is 0 Å². The summed E-state index contributed by atoms with van der Waals surface area (Å²) in [6.07, 6.45) is 2.53. The predicted octanol–water partition coefficient (Wildman–Crippen LogP) is 0.365. The molecule has 102 valence electrons. The molecule has 3 rings (SSSR count). The summed E-state index contributed by atoms with van der Waals surface area (Å²) in [6, 6.07) is -0.279. The van der Waals surface area contributed by atoms with Gasteiger partial charge >= 0.3 is 0 Å². The van der Waals surface area contributed by atoms with Gasteiger partial charge in [-0.25, -0.2) is 4.98 Å². The summed E-state index contributed by atoms with van der Waals surface area (Å²) in [6.45, 7) is 2.77. The van der Waals surface area contributed by atoms with Gasteiger partial charge in [0.25, 0.3) is 0 Å². The molecule has 0 aromatic carbocycles. The average Bonchev–Trinajstić information content (AvgIpc) is 2.88. The SMILES string of the molecule is CCc1nn(C)c2c1nc(N)n2C1CCCNC1=O. The Morgan fingerprint density at radius 2 is 2.32 bits per heavy atom. The molecule has 7 nitrogen and oxygen atoms in total. The van der Waals surface area contributed by atoms with E-state index in [2.05, 4.69) is 15.4 Å². The molecule has 0 radical (unpaired) electrons. The maximum atomic E-state index is 12.0. The number of aryl methyl sites for hydroxylation is 2. The van der Waals surface area contributed by atoms with Crippen LogP contribution in [-0.2, 0) is 18.3 Å². The fraction of sp³-hybridized carbons (Fsp3) is 0.583.